The zero-order chi connectivity index (χ0) is 15.0. The molecule has 0 bridgehead atoms. The summed E-state index contributed by atoms with van der Waals surface area (Å²) in [5, 5.41) is 3.20. The smallest absolute Gasteiger partial charge is 0.272 e. The van der Waals surface area contributed by atoms with Crippen LogP contribution >= 0.6 is 0 Å². The molecule has 0 saturated heterocycles. The fourth-order valence-corrected chi connectivity index (χ4v) is 1.83. The summed E-state index contributed by atoms with van der Waals surface area (Å²) >= 11 is 0. The molecule has 0 unspecified atom stereocenters. The van der Waals surface area contributed by atoms with E-state index in [2.05, 4.69) is 22.1 Å². The molecule has 1 aromatic rings. The third-order valence-electron chi connectivity index (χ3n) is 2.97. The van der Waals surface area contributed by atoms with Crippen LogP contribution in [0.4, 0.5) is 5.82 Å². The molecule has 1 N–H and O–H groups in total. The molecule has 1 heterocycles. The van der Waals surface area contributed by atoms with Crippen molar-refractivity contribution in [2.45, 2.75) is 19.8 Å². The van der Waals surface area contributed by atoms with Gasteiger partial charge in [0.15, 0.2) is 0 Å². The Morgan fingerprint density at radius 2 is 2.00 bits per heavy atom. The van der Waals surface area contributed by atoms with E-state index in [-0.39, 0.29) is 5.91 Å². The van der Waals surface area contributed by atoms with Crippen LogP contribution in [0.25, 0.3) is 0 Å². The van der Waals surface area contributed by atoms with Crippen molar-refractivity contribution in [2.75, 3.05) is 46.1 Å². The first-order chi connectivity index (χ1) is 9.54. The summed E-state index contributed by atoms with van der Waals surface area (Å²) in [6, 6.07) is 5.52. The lowest BCUT2D eigenvalue weighted by Gasteiger charge is -2.18. The van der Waals surface area contributed by atoms with Crippen LogP contribution in [0.2, 0.25) is 0 Å². The van der Waals surface area contributed by atoms with Crippen molar-refractivity contribution in [3.63, 3.8) is 0 Å². The summed E-state index contributed by atoms with van der Waals surface area (Å²) in [5.74, 6) is 0.739. The third kappa shape index (κ3) is 5.57. The molecule has 0 aliphatic rings. The van der Waals surface area contributed by atoms with Gasteiger partial charge in [-0.1, -0.05) is 13.0 Å². The standard InChI is InChI=1S/C15H26N4O/c1-5-10-16-14-9-6-8-13(17-14)15(20)19(4)12-7-11-18(2)3/h6,8-9H,5,7,10-12H2,1-4H3,(H,16,17). The number of aromatic nitrogens is 1. The first kappa shape index (κ1) is 16.4. The van der Waals surface area contributed by atoms with Gasteiger partial charge in [0.05, 0.1) is 0 Å². The molecule has 1 rings (SSSR count). The van der Waals surface area contributed by atoms with Gasteiger partial charge in [0.1, 0.15) is 11.5 Å². The number of nitrogens with one attached hydrogen (secondary N) is 1. The van der Waals surface area contributed by atoms with Crippen LogP contribution in [0.1, 0.15) is 30.3 Å². The summed E-state index contributed by atoms with van der Waals surface area (Å²) in [6.45, 7) is 4.68. The molecule has 0 spiro atoms. The quantitative estimate of drug-likeness (QED) is 0.789. The molecule has 0 aliphatic carbocycles. The minimum Gasteiger partial charge on any atom is -0.370 e. The Hall–Kier alpha value is -1.62. The maximum Gasteiger partial charge on any atom is 0.272 e. The molecule has 0 aromatic carbocycles. The fraction of sp³-hybridized carbons (Fsp3) is 0.600. The summed E-state index contributed by atoms with van der Waals surface area (Å²) in [7, 11) is 5.89. The second-order valence-corrected chi connectivity index (χ2v) is 5.22. The molecule has 0 radical (unpaired) electrons. The molecular formula is C15H26N4O. The van der Waals surface area contributed by atoms with Gasteiger partial charge in [0.2, 0.25) is 0 Å². The Morgan fingerprint density at radius 1 is 1.25 bits per heavy atom. The van der Waals surface area contributed by atoms with Crippen molar-refractivity contribution in [2.24, 2.45) is 0 Å². The van der Waals surface area contributed by atoms with Crippen LogP contribution < -0.4 is 5.32 Å². The van der Waals surface area contributed by atoms with Gasteiger partial charge in [-0.25, -0.2) is 4.98 Å². The molecule has 5 nitrogen and oxygen atoms in total. The Kier molecular flexibility index (Phi) is 7.01. The van der Waals surface area contributed by atoms with Crippen LogP contribution in [-0.2, 0) is 0 Å². The number of amides is 1. The van der Waals surface area contributed by atoms with Crippen molar-refractivity contribution < 1.29 is 4.79 Å². The third-order valence-corrected chi connectivity index (χ3v) is 2.97. The highest BCUT2D eigenvalue weighted by molar-refractivity contribution is 5.92. The fourth-order valence-electron chi connectivity index (χ4n) is 1.83. The minimum absolute atomic E-state index is 0.0242. The van der Waals surface area contributed by atoms with Crippen molar-refractivity contribution in [3.8, 4) is 0 Å². The number of pyridine rings is 1. The molecule has 0 atom stereocenters. The van der Waals surface area contributed by atoms with Crippen LogP contribution in [0.15, 0.2) is 18.2 Å². The van der Waals surface area contributed by atoms with E-state index in [4.69, 9.17) is 0 Å². The second kappa shape index (κ2) is 8.53. The van der Waals surface area contributed by atoms with Gasteiger partial charge >= 0.3 is 0 Å². The Labute approximate surface area is 122 Å². The van der Waals surface area contributed by atoms with E-state index in [0.717, 1.165) is 38.3 Å². The summed E-state index contributed by atoms with van der Waals surface area (Å²) in [5.41, 5.74) is 0.499. The summed E-state index contributed by atoms with van der Waals surface area (Å²) in [4.78, 5) is 20.5. The molecule has 112 valence electrons. The van der Waals surface area contributed by atoms with Crippen molar-refractivity contribution >= 4 is 11.7 Å². The highest BCUT2D eigenvalue weighted by Crippen LogP contribution is 2.07. The lowest BCUT2D eigenvalue weighted by atomic mass is 10.3. The van der Waals surface area contributed by atoms with Gasteiger partial charge in [-0.3, -0.25) is 4.79 Å². The number of anilines is 1. The van der Waals surface area contributed by atoms with Gasteiger partial charge in [0, 0.05) is 20.1 Å². The van der Waals surface area contributed by atoms with E-state index in [1.807, 2.05) is 33.3 Å². The van der Waals surface area contributed by atoms with E-state index in [9.17, 15) is 4.79 Å². The molecular weight excluding hydrogens is 252 g/mol. The zero-order valence-corrected chi connectivity index (χ0v) is 13.0. The number of hydrogen-bond donors (Lipinski definition) is 1. The Bertz CT molecular complexity index is 420. The highest BCUT2D eigenvalue weighted by atomic mass is 16.2. The first-order valence-electron chi connectivity index (χ1n) is 7.15. The van der Waals surface area contributed by atoms with Gasteiger partial charge < -0.3 is 15.1 Å². The van der Waals surface area contributed by atoms with Crippen molar-refractivity contribution in [1.29, 1.82) is 0 Å². The number of nitrogens with zero attached hydrogens (tertiary/aromatic N) is 3. The van der Waals surface area contributed by atoms with Crippen molar-refractivity contribution in [1.82, 2.24) is 14.8 Å². The maximum atomic E-state index is 12.3. The van der Waals surface area contributed by atoms with E-state index < -0.39 is 0 Å². The average Bonchev–Trinajstić information content (AvgIpc) is 2.44. The number of rotatable bonds is 8. The lowest BCUT2D eigenvalue weighted by Crippen LogP contribution is -2.30. The maximum absolute atomic E-state index is 12.3. The largest absolute Gasteiger partial charge is 0.370 e. The molecule has 0 aliphatic heterocycles. The SMILES string of the molecule is CCCNc1cccc(C(=O)N(C)CCCN(C)C)n1. The summed E-state index contributed by atoms with van der Waals surface area (Å²) < 4.78 is 0. The lowest BCUT2D eigenvalue weighted by molar-refractivity contribution is 0.0785. The molecule has 0 fully saturated rings. The molecule has 0 saturated carbocycles. The first-order valence-corrected chi connectivity index (χ1v) is 7.15. The second-order valence-electron chi connectivity index (χ2n) is 5.22. The van der Waals surface area contributed by atoms with Crippen molar-refractivity contribution in [3.05, 3.63) is 23.9 Å². The number of hydrogen-bond acceptors (Lipinski definition) is 4. The van der Waals surface area contributed by atoms with Crippen LogP contribution in [-0.4, -0.2) is 61.5 Å². The van der Waals surface area contributed by atoms with Gasteiger partial charge in [0.25, 0.3) is 5.91 Å². The Morgan fingerprint density at radius 3 is 2.65 bits per heavy atom. The van der Waals surface area contributed by atoms with Gasteiger partial charge in [-0.2, -0.15) is 0 Å². The van der Waals surface area contributed by atoms with Gasteiger partial charge in [-0.05, 0) is 45.6 Å². The average molecular weight is 278 g/mol. The van der Waals surface area contributed by atoms with Crippen LogP contribution in [0.5, 0.6) is 0 Å². The van der Waals surface area contributed by atoms with Crippen LogP contribution in [0, 0.1) is 0 Å². The molecule has 1 aromatic heterocycles. The topological polar surface area (TPSA) is 48.5 Å². The van der Waals surface area contributed by atoms with Gasteiger partial charge in [-0.15, -0.1) is 0 Å². The molecule has 5 heteroatoms. The normalized spacial score (nSPS) is 10.7. The Balaban J connectivity index is 2.57. The minimum atomic E-state index is -0.0242. The number of carbonyl (C=O) groups excluding carboxylic acids is 1. The van der Waals surface area contributed by atoms with E-state index in [0.29, 0.717) is 5.69 Å². The predicted molar refractivity (Wildman–Crippen MR) is 83.1 cm³/mol. The number of carbonyl (C=O) groups is 1. The molecule has 20 heavy (non-hydrogen) atoms. The monoisotopic (exact) mass is 278 g/mol. The molecule has 1 amide bonds. The zero-order valence-electron chi connectivity index (χ0n) is 13.0. The van der Waals surface area contributed by atoms with E-state index in [1.54, 1.807) is 11.0 Å². The predicted octanol–water partition coefficient (Wildman–Crippen LogP) is 1.93. The van der Waals surface area contributed by atoms with E-state index >= 15 is 0 Å². The van der Waals surface area contributed by atoms with E-state index in [1.165, 1.54) is 0 Å². The summed E-state index contributed by atoms with van der Waals surface area (Å²) in [6.07, 6.45) is 1.99. The van der Waals surface area contributed by atoms with Crippen LogP contribution in [0.3, 0.4) is 0 Å². The highest BCUT2D eigenvalue weighted by Gasteiger charge is 2.13.